The molecule has 0 saturated heterocycles. The minimum absolute atomic E-state index is 0.638. The summed E-state index contributed by atoms with van der Waals surface area (Å²) in [6.07, 6.45) is 0. The van der Waals surface area contributed by atoms with Gasteiger partial charge in [0.2, 0.25) is 0 Å². The van der Waals surface area contributed by atoms with Gasteiger partial charge < -0.3 is 10.6 Å². The summed E-state index contributed by atoms with van der Waals surface area (Å²) in [5, 5.41) is 1.15. The van der Waals surface area contributed by atoms with Crippen molar-refractivity contribution in [2.75, 3.05) is 19.3 Å². The SMILES string of the molecule is CCN(C)Cc1cc2ccccc2nc1N. The Morgan fingerprint density at radius 2 is 2.06 bits per heavy atom. The minimum atomic E-state index is 0.638. The quantitative estimate of drug-likeness (QED) is 0.854. The van der Waals surface area contributed by atoms with E-state index in [-0.39, 0.29) is 0 Å². The second-order valence-corrected chi connectivity index (χ2v) is 4.06. The molecular weight excluding hydrogens is 198 g/mol. The summed E-state index contributed by atoms with van der Waals surface area (Å²) in [6, 6.07) is 10.2. The van der Waals surface area contributed by atoms with Gasteiger partial charge in [-0.2, -0.15) is 0 Å². The number of pyridine rings is 1. The van der Waals surface area contributed by atoms with Crippen LogP contribution in [-0.2, 0) is 6.54 Å². The molecule has 2 aromatic rings. The van der Waals surface area contributed by atoms with Gasteiger partial charge in [0.15, 0.2) is 0 Å². The highest BCUT2D eigenvalue weighted by Crippen LogP contribution is 2.19. The number of aromatic nitrogens is 1. The van der Waals surface area contributed by atoms with Crippen LogP contribution in [0.25, 0.3) is 10.9 Å². The van der Waals surface area contributed by atoms with Gasteiger partial charge in [0.25, 0.3) is 0 Å². The topological polar surface area (TPSA) is 42.2 Å². The molecule has 1 heterocycles. The van der Waals surface area contributed by atoms with E-state index < -0.39 is 0 Å². The van der Waals surface area contributed by atoms with E-state index in [1.165, 1.54) is 0 Å². The maximum atomic E-state index is 5.95. The van der Waals surface area contributed by atoms with Crippen LogP contribution in [0.3, 0.4) is 0 Å². The summed E-state index contributed by atoms with van der Waals surface area (Å²) in [6.45, 7) is 3.98. The predicted molar refractivity (Wildman–Crippen MR) is 68.2 cm³/mol. The van der Waals surface area contributed by atoms with Gasteiger partial charge >= 0.3 is 0 Å². The molecule has 0 aliphatic heterocycles. The number of benzene rings is 1. The predicted octanol–water partition coefficient (Wildman–Crippen LogP) is 2.27. The number of anilines is 1. The van der Waals surface area contributed by atoms with Gasteiger partial charge in [-0.1, -0.05) is 25.1 Å². The molecule has 0 unspecified atom stereocenters. The molecule has 0 aliphatic rings. The summed E-state index contributed by atoms with van der Waals surface area (Å²) in [5.41, 5.74) is 8.01. The molecule has 1 aromatic heterocycles. The maximum Gasteiger partial charge on any atom is 0.128 e. The van der Waals surface area contributed by atoms with Crippen molar-refractivity contribution in [3.05, 3.63) is 35.9 Å². The van der Waals surface area contributed by atoms with E-state index >= 15 is 0 Å². The Morgan fingerprint density at radius 1 is 1.31 bits per heavy atom. The van der Waals surface area contributed by atoms with Crippen molar-refractivity contribution in [1.29, 1.82) is 0 Å². The Morgan fingerprint density at radius 3 is 2.81 bits per heavy atom. The van der Waals surface area contributed by atoms with E-state index in [1.54, 1.807) is 0 Å². The molecule has 1 aromatic carbocycles. The van der Waals surface area contributed by atoms with E-state index in [0.717, 1.165) is 29.6 Å². The van der Waals surface area contributed by atoms with Crippen LogP contribution in [0.4, 0.5) is 5.82 Å². The second-order valence-electron chi connectivity index (χ2n) is 4.06. The van der Waals surface area contributed by atoms with Crippen LogP contribution in [0.2, 0.25) is 0 Å². The molecule has 0 radical (unpaired) electrons. The van der Waals surface area contributed by atoms with Crippen molar-refractivity contribution >= 4 is 16.7 Å². The number of rotatable bonds is 3. The molecule has 0 atom stereocenters. The lowest BCUT2D eigenvalue weighted by molar-refractivity contribution is 0.346. The van der Waals surface area contributed by atoms with Gasteiger partial charge in [0.1, 0.15) is 5.82 Å². The molecule has 2 N–H and O–H groups in total. The fraction of sp³-hybridized carbons (Fsp3) is 0.308. The first-order chi connectivity index (χ1) is 7.70. The summed E-state index contributed by atoms with van der Waals surface area (Å²) in [4.78, 5) is 6.62. The first-order valence-corrected chi connectivity index (χ1v) is 5.53. The van der Waals surface area contributed by atoms with Gasteiger partial charge in [-0.3, -0.25) is 0 Å². The molecule has 0 spiro atoms. The zero-order chi connectivity index (χ0) is 11.5. The van der Waals surface area contributed by atoms with Crippen LogP contribution in [0, 0.1) is 0 Å². The minimum Gasteiger partial charge on any atom is -0.383 e. The van der Waals surface area contributed by atoms with Gasteiger partial charge in [0, 0.05) is 17.5 Å². The van der Waals surface area contributed by atoms with Crippen LogP contribution in [0.5, 0.6) is 0 Å². The van der Waals surface area contributed by atoms with Crippen molar-refractivity contribution in [3.8, 4) is 0 Å². The fourth-order valence-electron chi connectivity index (χ4n) is 1.70. The Bertz CT molecular complexity index is 494. The van der Waals surface area contributed by atoms with Crippen LogP contribution in [0.1, 0.15) is 12.5 Å². The number of hydrogen-bond acceptors (Lipinski definition) is 3. The molecule has 0 bridgehead atoms. The number of nitrogen functional groups attached to an aromatic ring is 1. The third-order valence-electron chi connectivity index (χ3n) is 2.82. The molecule has 3 heteroatoms. The van der Waals surface area contributed by atoms with Gasteiger partial charge in [-0.15, -0.1) is 0 Å². The van der Waals surface area contributed by atoms with E-state index in [2.05, 4.69) is 36.0 Å². The highest BCUT2D eigenvalue weighted by atomic mass is 15.1. The Kier molecular flexibility index (Phi) is 3.06. The van der Waals surface area contributed by atoms with Crippen LogP contribution >= 0.6 is 0 Å². The van der Waals surface area contributed by atoms with Crippen LogP contribution < -0.4 is 5.73 Å². The molecule has 0 aliphatic carbocycles. The molecule has 0 amide bonds. The third kappa shape index (κ3) is 2.14. The van der Waals surface area contributed by atoms with Crippen molar-refractivity contribution in [2.24, 2.45) is 0 Å². The number of fused-ring (bicyclic) bond motifs is 1. The third-order valence-corrected chi connectivity index (χ3v) is 2.82. The van der Waals surface area contributed by atoms with Gasteiger partial charge in [0.05, 0.1) is 5.52 Å². The van der Waals surface area contributed by atoms with Crippen molar-refractivity contribution in [1.82, 2.24) is 9.88 Å². The molecule has 2 rings (SSSR count). The monoisotopic (exact) mass is 215 g/mol. The van der Waals surface area contributed by atoms with Crippen LogP contribution in [0.15, 0.2) is 30.3 Å². The Balaban J connectivity index is 2.42. The Labute approximate surface area is 95.9 Å². The van der Waals surface area contributed by atoms with Gasteiger partial charge in [-0.05, 0) is 25.7 Å². The lowest BCUT2D eigenvalue weighted by Crippen LogP contribution is -2.18. The normalized spacial score (nSPS) is 11.2. The number of nitrogens with two attached hydrogens (primary N) is 1. The summed E-state index contributed by atoms with van der Waals surface area (Å²) < 4.78 is 0. The number of nitrogens with zero attached hydrogens (tertiary/aromatic N) is 2. The summed E-state index contributed by atoms with van der Waals surface area (Å²) >= 11 is 0. The molecule has 3 nitrogen and oxygen atoms in total. The van der Waals surface area contributed by atoms with Crippen molar-refractivity contribution < 1.29 is 0 Å². The first kappa shape index (κ1) is 10.9. The molecule has 0 fully saturated rings. The Hall–Kier alpha value is -1.61. The number of hydrogen-bond donors (Lipinski definition) is 1. The zero-order valence-corrected chi connectivity index (χ0v) is 9.77. The summed E-state index contributed by atoms with van der Waals surface area (Å²) in [7, 11) is 2.08. The maximum absolute atomic E-state index is 5.95. The lowest BCUT2D eigenvalue weighted by Gasteiger charge is -2.15. The van der Waals surface area contributed by atoms with Gasteiger partial charge in [-0.25, -0.2) is 4.98 Å². The van der Waals surface area contributed by atoms with E-state index in [4.69, 9.17) is 5.73 Å². The number of para-hydroxylation sites is 1. The average molecular weight is 215 g/mol. The summed E-state index contributed by atoms with van der Waals surface area (Å²) in [5.74, 6) is 0.638. The van der Waals surface area contributed by atoms with E-state index in [9.17, 15) is 0 Å². The van der Waals surface area contributed by atoms with E-state index in [0.29, 0.717) is 5.82 Å². The first-order valence-electron chi connectivity index (χ1n) is 5.53. The van der Waals surface area contributed by atoms with Crippen molar-refractivity contribution in [3.63, 3.8) is 0 Å². The van der Waals surface area contributed by atoms with Crippen molar-refractivity contribution in [2.45, 2.75) is 13.5 Å². The largest absolute Gasteiger partial charge is 0.383 e. The molecular formula is C13H17N3. The highest BCUT2D eigenvalue weighted by Gasteiger charge is 2.05. The standard InChI is InChI=1S/C13H17N3/c1-3-16(2)9-11-8-10-6-4-5-7-12(10)15-13(11)14/h4-8H,3,9H2,1-2H3,(H2,14,15). The smallest absolute Gasteiger partial charge is 0.128 e. The molecule has 84 valence electrons. The second kappa shape index (κ2) is 4.49. The molecule has 16 heavy (non-hydrogen) atoms. The fourth-order valence-corrected chi connectivity index (χ4v) is 1.70. The average Bonchev–Trinajstić information content (AvgIpc) is 2.30. The van der Waals surface area contributed by atoms with E-state index in [1.807, 2.05) is 18.2 Å². The zero-order valence-electron chi connectivity index (χ0n) is 9.77. The van der Waals surface area contributed by atoms with Crippen LogP contribution in [-0.4, -0.2) is 23.5 Å². The lowest BCUT2D eigenvalue weighted by atomic mass is 10.1. The molecule has 0 saturated carbocycles. The highest BCUT2D eigenvalue weighted by molar-refractivity contribution is 5.81.